The number of hydrogen-bond donors (Lipinski definition) is 3. The van der Waals surface area contributed by atoms with Crippen molar-refractivity contribution in [1.29, 1.82) is 5.26 Å². The molecule has 1 unspecified atom stereocenters. The Morgan fingerprint density at radius 2 is 1.94 bits per heavy atom. The standard InChI is InChI=1S/C22H20F3N9O2/c1-22(2,36)18(23)9-29-20(35)15-7-27-16(3-17(15)32-13-6-30-34(11-13)21(24)25)14-8-31-33-10-12(4-26)5-28-19(14)33/h3,5-8,10-11,18,21,36H,9H2,1-2H3,(H,27,32)(H,29,35). The third-order valence-corrected chi connectivity index (χ3v) is 5.20. The zero-order valence-corrected chi connectivity index (χ0v) is 19.0. The molecule has 0 saturated heterocycles. The lowest BCUT2D eigenvalue weighted by molar-refractivity contribution is -0.00177. The molecule has 1 atom stereocenters. The molecule has 186 valence electrons. The summed E-state index contributed by atoms with van der Waals surface area (Å²) in [6.07, 6.45) is 6.03. The Labute approximate surface area is 202 Å². The van der Waals surface area contributed by atoms with Gasteiger partial charge in [0, 0.05) is 12.4 Å². The largest absolute Gasteiger partial charge is 0.387 e. The summed E-state index contributed by atoms with van der Waals surface area (Å²) in [6, 6.07) is 3.45. The van der Waals surface area contributed by atoms with Crippen molar-refractivity contribution in [3.8, 4) is 17.3 Å². The van der Waals surface area contributed by atoms with Gasteiger partial charge in [0.2, 0.25) is 0 Å². The molecule has 4 aromatic heterocycles. The first-order chi connectivity index (χ1) is 17.1. The van der Waals surface area contributed by atoms with Crippen LogP contribution in [0.25, 0.3) is 16.9 Å². The molecule has 0 aliphatic rings. The molecule has 0 aliphatic heterocycles. The fourth-order valence-corrected chi connectivity index (χ4v) is 3.19. The van der Waals surface area contributed by atoms with Gasteiger partial charge in [-0.05, 0) is 19.9 Å². The number of nitrogens with one attached hydrogen (secondary N) is 2. The summed E-state index contributed by atoms with van der Waals surface area (Å²) in [7, 11) is 0. The lowest BCUT2D eigenvalue weighted by Gasteiger charge is -2.22. The van der Waals surface area contributed by atoms with Gasteiger partial charge in [-0.2, -0.15) is 24.2 Å². The van der Waals surface area contributed by atoms with E-state index >= 15 is 0 Å². The van der Waals surface area contributed by atoms with E-state index in [0.717, 1.165) is 12.4 Å². The van der Waals surface area contributed by atoms with Crippen LogP contribution in [0.4, 0.5) is 24.5 Å². The number of carbonyl (C=O) groups is 1. The van der Waals surface area contributed by atoms with E-state index < -0.39 is 30.8 Å². The van der Waals surface area contributed by atoms with Gasteiger partial charge in [0.05, 0.1) is 70.7 Å². The number of anilines is 2. The smallest absolute Gasteiger partial charge is 0.333 e. The Morgan fingerprint density at radius 1 is 1.17 bits per heavy atom. The fraction of sp³-hybridized carbons (Fsp3) is 0.273. The van der Waals surface area contributed by atoms with Crippen molar-refractivity contribution < 1.29 is 23.1 Å². The van der Waals surface area contributed by atoms with Crippen LogP contribution in [0.2, 0.25) is 0 Å². The summed E-state index contributed by atoms with van der Waals surface area (Å²) in [5, 5.41) is 31.8. The second-order valence-corrected chi connectivity index (χ2v) is 8.34. The predicted octanol–water partition coefficient (Wildman–Crippen LogP) is 2.84. The molecule has 4 aromatic rings. The van der Waals surface area contributed by atoms with Crippen LogP contribution in [0.3, 0.4) is 0 Å². The minimum atomic E-state index is -2.86. The molecule has 4 rings (SSSR count). The molecule has 0 spiro atoms. The van der Waals surface area contributed by atoms with E-state index in [2.05, 4.69) is 30.8 Å². The highest BCUT2D eigenvalue weighted by molar-refractivity contribution is 6.00. The van der Waals surface area contributed by atoms with Crippen molar-refractivity contribution in [3.05, 3.63) is 54.4 Å². The van der Waals surface area contributed by atoms with Crippen molar-refractivity contribution in [3.63, 3.8) is 0 Å². The van der Waals surface area contributed by atoms with E-state index in [9.17, 15) is 23.1 Å². The molecule has 36 heavy (non-hydrogen) atoms. The fourth-order valence-electron chi connectivity index (χ4n) is 3.19. The summed E-state index contributed by atoms with van der Waals surface area (Å²) in [4.78, 5) is 21.4. The molecule has 0 fully saturated rings. The van der Waals surface area contributed by atoms with Gasteiger partial charge >= 0.3 is 6.55 Å². The number of rotatable bonds is 8. The molecule has 3 N–H and O–H groups in total. The van der Waals surface area contributed by atoms with E-state index in [1.807, 2.05) is 6.07 Å². The third-order valence-electron chi connectivity index (χ3n) is 5.20. The van der Waals surface area contributed by atoms with Gasteiger partial charge in [0.25, 0.3) is 5.91 Å². The Morgan fingerprint density at radius 3 is 2.61 bits per heavy atom. The zero-order chi connectivity index (χ0) is 26.0. The molecule has 4 heterocycles. The van der Waals surface area contributed by atoms with Gasteiger partial charge in [-0.3, -0.25) is 9.78 Å². The van der Waals surface area contributed by atoms with Crippen LogP contribution < -0.4 is 10.6 Å². The van der Waals surface area contributed by atoms with Crippen molar-refractivity contribution >= 4 is 22.9 Å². The topological polar surface area (TPSA) is 146 Å². The van der Waals surface area contributed by atoms with Gasteiger partial charge in [-0.15, -0.1) is 0 Å². The minimum Gasteiger partial charge on any atom is -0.387 e. The first kappa shape index (κ1) is 24.6. The molecular weight excluding hydrogens is 479 g/mol. The van der Waals surface area contributed by atoms with Crippen molar-refractivity contribution in [2.24, 2.45) is 0 Å². The van der Waals surface area contributed by atoms with Gasteiger partial charge in [0.15, 0.2) is 5.65 Å². The minimum absolute atomic E-state index is 0.0114. The van der Waals surface area contributed by atoms with Crippen LogP contribution in [-0.2, 0) is 0 Å². The number of aliphatic hydroxyl groups is 1. The lowest BCUT2D eigenvalue weighted by atomic mass is 10.0. The SMILES string of the molecule is CC(C)(O)C(F)CNC(=O)c1cnc(-c2cnn3cc(C#N)cnc23)cc1Nc1cnn(C(F)F)c1. The van der Waals surface area contributed by atoms with E-state index in [1.165, 1.54) is 49.2 Å². The molecule has 11 nitrogen and oxygen atoms in total. The average molecular weight is 499 g/mol. The summed E-state index contributed by atoms with van der Waals surface area (Å²) in [5.74, 6) is -0.707. The summed E-state index contributed by atoms with van der Waals surface area (Å²) in [5.41, 5.74) is 0.153. The van der Waals surface area contributed by atoms with Crippen LogP contribution in [0.1, 0.15) is 36.3 Å². The highest BCUT2D eigenvalue weighted by atomic mass is 19.3. The molecule has 0 bridgehead atoms. The number of nitrogens with zero attached hydrogens (tertiary/aromatic N) is 7. The molecule has 14 heteroatoms. The average Bonchev–Trinajstić information content (AvgIpc) is 3.48. The highest BCUT2D eigenvalue weighted by Crippen LogP contribution is 2.28. The summed E-state index contributed by atoms with van der Waals surface area (Å²) >= 11 is 0. The Bertz CT molecular complexity index is 1450. The zero-order valence-electron chi connectivity index (χ0n) is 19.0. The van der Waals surface area contributed by atoms with Gasteiger partial charge in [0.1, 0.15) is 12.2 Å². The number of fused-ring (bicyclic) bond motifs is 1. The van der Waals surface area contributed by atoms with E-state index in [0.29, 0.717) is 27.1 Å². The summed E-state index contributed by atoms with van der Waals surface area (Å²) in [6.45, 7) is -0.774. The van der Waals surface area contributed by atoms with Gasteiger partial charge in [-0.25, -0.2) is 18.6 Å². The maximum atomic E-state index is 14.1. The van der Waals surface area contributed by atoms with Gasteiger partial charge in [-0.1, -0.05) is 0 Å². The van der Waals surface area contributed by atoms with Crippen molar-refractivity contribution in [2.75, 3.05) is 11.9 Å². The molecule has 0 radical (unpaired) electrons. The lowest BCUT2D eigenvalue weighted by Crippen LogP contribution is -2.42. The van der Waals surface area contributed by atoms with E-state index in [1.54, 1.807) is 0 Å². The normalized spacial score (nSPS) is 12.5. The van der Waals surface area contributed by atoms with Gasteiger partial charge < -0.3 is 15.7 Å². The molecule has 0 aromatic carbocycles. The molecular formula is C22H20F3N9O2. The van der Waals surface area contributed by atoms with Crippen LogP contribution in [0.5, 0.6) is 0 Å². The second-order valence-electron chi connectivity index (χ2n) is 8.34. The number of nitriles is 1. The number of hydrogen-bond acceptors (Lipinski definition) is 8. The number of pyridine rings is 1. The first-order valence-electron chi connectivity index (χ1n) is 10.5. The number of carbonyl (C=O) groups excluding carboxylic acids is 1. The molecule has 1 amide bonds. The monoisotopic (exact) mass is 499 g/mol. The maximum Gasteiger partial charge on any atom is 0.333 e. The second kappa shape index (κ2) is 9.62. The number of alkyl halides is 3. The quantitative estimate of drug-likeness (QED) is 0.335. The Hall–Kier alpha value is -4.51. The van der Waals surface area contributed by atoms with E-state index in [-0.39, 0.29) is 16.9 Å². The predicted molar refractivity (Wildman–Crippen MR) is 121 cm³/mol. The molecule has 0 aliphatic carbocycles. The third kappa shape index (κ3) is 5.10. The van der Waals surface area contributed by atoms with Crippen LogP contribution in [0.15, 0.2) is 43.2 Å². The number of halogens is 3. The Balaban J connectivity index is 1.70. The molecule has 0 saturated carbocycles. The number of amides is 1. The van der Waals surface area contributed by atoms with Crippen molar-refractivity contribution in [2.45, 2.75) is 32.2 Å². The summed E-state index contributed by atoms with van der Waals surface area (Å²) < 4.78 is 41.9. The van der Waals surface area contributed by atoms with Crippen molar-refractivity contribution in [1.82, 2.24) is 34.7 Å². The van der Waals surface area contributed by atoms with E-state index in [4.69, 9.17) is 5.26 Å². The number of aromatic nitrogens is 6. The highest BCUT2D eigenvalue weighted by Gasteiger charge is 2.27. The van der Waals surface area contributed by atoms with Crippen LogP contribution in [-0.4, -0.2) is 58.7 Å². The van der Waals surface area contributed by atoms with Crippen LogP contribution >= 0.6 is 0 Å². The maximum absolute atomic E-state index is 14.1. The van der Waals surface area contributed by atoms with Crippen LogP contribution in [0, 0.1) is 11.3 Å². The first-order valence-corrected chi connectivity index (χ1v) is 10.5. The Kier molecular flexibility index (Phi) is 6.58.